The second-order valence-corrected chi connectivity index (χ2v) is 10.0. The molecule has 0 spiro atoms. The molecule has 33 heavy (non-hydrogen) atoms. The second kappa shape index (κ2) is 10.4. The number of nitrogen functional groups attached to an aromatic ring is 1. The number of nitrogens with two attached hydrogens (primary N) is 1. The average Bonchev–Trinajstić information content (AvgIpc) is 3.18. The minimum absolute atomic E-state index is 0.0345. The van der Waals surface area contributed by atoms with Crippen LogP contribution in [0, 0.1) is 0 Å². The van der Waals surface area contributed by atoms with Crippen LogP contribution in [0.3, 0.4) is 0 Å². The highest BCUT2D eigenvalue weighted by molar-refractivity contribution is 7.98. The smallest absolute Gasteiger partial charge is 0.243 e. The number of ketones is 1. The quantitative estimate of drug-likeness (QED) is 0.262. The number of benzene rings is 2. The number of nitrogens with zero attached hydrogens (tertiary/aromatic N) is 4. The molecule has 3 rings (SSSR count). The van der Waals surface area contributed by atoms with E-state index in [9.17, 15) is 13.2 Å². The predicted octanol–water partition coefficient (Wildman–Crippen LogP) is 3.19. The van der Waals surface area contributed by atoms with Crippen molar-refractivity contribution in [2.75, 3.05) is 26.0 Å². The molecule has 1 aromatic heterocycles. The molecular formula is C22H27N5O4S2. The van der Waals surface area contributed by atoms with E-state index in [1.165, 1.54) is 27.7 Å². The van der Waals surface area contributed by atoms with Gasteiger partial charge in [0.15, 0.2) is 11.6 Å². The largest absolute Gasteiger partial charge is 0.496 e. The van der Waals surface area contributed by atoms with E-state index < -0.39 is 10.0 Å². The molecule has 0 amide bonds. The lowest BCUT2D eigenvalue weighted by Crippen LogP contribution is -2.30. The standard InChI is InChI=1S/C22H27N5O4S2/c1-5-26(6-2)33(29,30)19-9-7-8-17(13-19)21-24-25-22(27(21)23)32-14-18-12-16(15(3)28)10-11-20(18)31-4/h7-13H,5-6,14,23H2,1-4H3. The van der Waals surface area contributed by atoms with E-state index in [1.54, 1.807) is 63.4 Å². The first-order valence-corrected chi connectivity index (χ1v) is 12.8. The van der Waals surface area contributed by atoms with Crippen LogP contribution in [0.2, 0.25) is 0 Å². The van der Waals surface area contributed by atoms with Gasteiger partial charge in [-0.15, -0.1) is 10.2 Å². The van der Waals surface area contributed by atoms with Gasteiger partial charge < -0.3 is 10.6 Å². The average molecular weight is 490 g/mol. The highest BCUT2D eigenvalue weighted by Gasteiger charge is 2.23. The van der Waals surface area contributed by atoms with Crippen LogP contribution in [0.1, 0.15) is 36.7 Å². The Bertz CT molecular complexity index is 1250. The highest BCUT2D eigenvalue weighted by atomic mass is 32.2. The number of Topliss-reactive ketones (excluding diaryl/α,β-unsaturated/α-hetero) is 1. The number of aromatic nitrogens is 3. The van der Waals surface area contributed by atoms with E-state index in [1.807, 2.05) is 0 Å². The molecule has 0 atom stereocenters. The Labute approximate surface area is 198 Å². The summed E-state index contributed by atoms with van der Waals surface area (Å²) in [5.41, 5.74) is 1.96. The van der Waals surface area contributed by atoms with Gasteiger partial charge in [0, 0.05) is 35.5 Å². The number of methoxy groups -OCH3 is 1. The molecule has 0 bridgehead atoms. The topological polar surface area (TPSA) is 120 Å². The summed E-state index contributed by atoms with van der Waals surface area (Å²) in [5.74, 6) is 7.67. The molecule has 0 aliphatic carbocycles. The second-order valence-electron chi connectivity index (χ2n) is 7.16. The maximum absolute atomic E-state index is 12.9. The fourth-order valence-corrected chi connectivity index (χ4v) is 5.67. The number of sulfonamides is 1. The first kappa shape index (κ1) is 24.7. The van der Waals surface area contributed by atoms with Gasteiger partial charge in [0.2, 0.25) is 15.2 Å². The molecule has 9 nitrogen and oxygen atoms in total. The van der Waals surface area contributed by atoms with Crippen molar-refractivity contribution >= 4 is 27.6 Å². The Morgan fingerprint density at radius 1 is 1.15 bits per heavy atom. The molecule has 0 saturated carbocycles. The summed E-state index contributed by atoms with van der Waals surface area (Å²) in [4.78, 5) is 11.9. The Morgan fingerprint density at radius 3 is 2.52 bits per heavy atom. The summed E-state index contributed by atoms with van der Waals surface area (Å²) in [6.45, 7) is 5.87. The lowest BCUT2D eigenvalue weighted by molar-refractivity contribution is 0.101. The summed E-state index contributed by atoms with van der Waals surface area (Å²) >= 11 is 1.33. The number of carbonyl (C=O) groups excluding carboxylic acids is 1. The first-order valence-electron chi connectivity index (χ1n) is 10.3. The molecule has 0 fully saturated rings. The lowest BCUT2D eigenvalue weighted by atomic mass is 10.1. The van der Waals surface area contributed by atoms with Crippen LogP contribution in [0.4, 0.5) is 0 Å². The summed E-state index contributed by atoms with van der Waals surface area (Å²) < 4.78 is 33.9. The van der Waals surface area contributed by atoms with Crippen molar-refractivity contribution in [1.29, 1.82) is 0 Å². The van der Waals surface area contributed by atoms with Gasteiger partial charge in [0.1, 0.15) is 5.75 Å². The zero-order chi connectivity index (χ0) is 24.2. The molecule has 11 heteroatoms. The summed E-state index contributed by atoms with van der Waals surface area (Å²) in [6, 6.07) is 11.8. The zero-order valence-electron chi connectivity index (χ0n) is 19.0. The maximum Gasteiger partial charge on any atom is 0.243 e. The van der Waals surface area contributed by atoms with E-state index >= 15 is 0 Å². The number of rotatable bonds is 10. The summed E-state index contributed by atoms with van der Waals surface area (Å²) in [7, 11) is -2.05. The number of thioether (sulfide) groups is 1. The molecule has 0 radical (unpaired) electrons. The third-order valence-corrected chi connectivity index (χ3v) is 8.18. The van der Waals surface area contributed by atoms with Crippen LogP contribution in [-0.2, 0) is 15.8 Å². The van der Waals surface area contributed by atoms with E-state index in [0.29, 0.717) is 46.7 Å². The predicted molar refractivity (Wildman–Crippen MR) is 128 cm³/mol. The molecule has 176 valence electrons. The van der Waals surface area contributed by atoms with E-state index in [2.05, 4.69) is 10.2 Å². The third-order valence-electron chi connectivity index (χ3n) is 5.14. The van der Waals surface area contributed by atoms with E-state index in [-0.39, 0.29) is 10.7 Å². The normalized spacial score (nSPS) is 11.7. The summed E-state index contributed by atoms with van der Waals surface area (Å²) in [6.07, 6.45) is 0. The number of hydrogen-bond acceptors (Lipinski definition) is 8. The highest BCUT2D eigenvalue weighted by Crippen LogP contribution is 2.30. The molecule has 0 aliphatic rings. The Morgan fingerprint density at radius 2 is 1.88 bits per heavy atom. The lowest BCUT2D eigenvalue weighted by Gasteiger charge is -2.18. The molecular weight excluding hydrogens is 462 g/mol. The van der Waals surface area contributed by atoms with Crippen LogP contribution in [-0.4, -0.2) is 53.6 Å². The van der Waals surface area contributed by atoms with Gasteiger partial charge in [-0.1, -0.05) is 37.7 Å². The van der Waals surface area contributed by atoms with Gasteiger partial charge in [-0.25, -0.2) is 13.1 Å². The Balaban J connectivity index is 1.87. The molecule has 1 heterocycles. The van der Waals surface area contributed by atoms with Gasteiger partial charge in [0.05, 0.1) is 12.0 Å². The minimum atomic E-state index is -3.61. The van der Waals surface area contributed by atoms with Crippen LogP contribution in [0.5, 0.6) is 5.75 Å². The van der Waals surface area contributed by atoms with Gasteiger partial charge in [-0.2, -0.15) is 4.31 Å². The summed E-state index contributed by atoms with van der Waals surface area (Å²) in [5, 5.41) is 8.77. The molecule has 0 saturated heterocycles. The molecule has 0 aliphatic heterocycles. The number of ether oxygens (including phenoxy) is 1. The van der Waals surface area contributed by atoms with Gasteiger partial charge in [0.25, 0.3) is 0 Å². The fourth-order valence-electron chi connectivity index (χ4n) is 3.33. The third kappa shape index (κ3) is 5.21. The van der Waals surface area contributed by atoms with Crippen LogP contribution in [0.25, 0.3) is 11.4 Å². The van der Waals surface area contributed by atoms with Crippen molar-refractivity contribution in [2.24, 2.45) is 0 Å². The Hall–Kier alpha value is -2.89. The minimum Gasteiger partial charge on any atom is -0.496 e. The monoisotopic (exact) mass is 489 g/mol. The van der Waals surface area contributed by atoms with E-state index in [4.69, 9.17) is 10.6 Å². The van der Waals surface area contributed by atoms with Crippen molar-refractivity contribution in [2.45, 2.75) is 36.6 Å². The van der Waals surface area contributed by atoms with Gasteiger partial charge in [-0.05, 0) is 37.3 Å². The maximum atomic E-state index is 12.9. The van der Waals surface area contributed by atoms with Crippen molar-refractivity contribution in [3.8, 4) is 17.1 Å². The SMILES string of the molecule is CCN(CC)S(=O)(=O)c1cccc(-c2nnc(SCc3cc(C(C)=O)ccc3OC)n2N)c1. The Kier molecular flexibility index (Phi) is 7.77. The van der Waals surface area contributed by atoms with Crippen LogP contribution >= 0.6 is 11.8 Å². The molecule has 2 N–H and O–H groups in total. The molecule has 0 unspecified atom stereocenters. The number of hydrogen-bond donors (Lipinski definition) is 1. The zero-order valence-corrected chi connectivity index (χ0v) is 20.6. The van der Waals surface area contributed by atoms with Crippen molar-refractivity contribution in [3.63, 3.8) is 0 Å². The molecule has 2 aromatic carbocycles. The van der Waals surface area contributed by atoms with Crippen LogP contribution < -0.4 is 10.6 Å². The first-order chi connectivity index (χ1) is 15.7. The van der Waals surface area contributed by atoms with Crippen molar-refractivity contribution in [3.05, 3.63) is 53.6 Å². The van der Waals surface area contributed by atoms with E-state index in [0.717, 1.165) is 5.56 Å². The van der Waals surface area contributed by atoms with Gasteiger partial charge in [-0.3, -0.25) is 4.79 Å². The fraction of sp³-hybridized carbons (Fsp3) is 0.318. The van der Waals surface area contributed by atoms with Crippen LogP contribution in [0.15, 0.2) is 52.5 Å². The van der Waals surface area contributed by atoms with Crippen molar-refractivity contribution in [1.82, 2.24) is 19.2 Å². The molecule has 3 aromatic rings. The number of carbonyl (C=O) groups is 1. The van der Waals surface area contributed by atoms with Crippen molar-refractivity contribution < 1.29 is 17.9 Å². The van der Waals surface area contributed by atoms with Gasteiger partial charge >= 0.3 is 0 Å².